The molecule has 1 aromatic rings. The molecular formula is C13H16F2N2O3S. The van der Waals surface area contributed by atoms with Crippen LogP contribution >= 0.6 is 0 Å². The molecule has 0 aliphatic carbocycles. The van der Waals surface area contributed by atoms with Crippen LogP contribution in [0, 0.1) is 18.6 Å². The summed E-state index contributed by atoms with van der Waals surface area (Å²) in [6.45, 7) is 1.70. The van der Waals surface area contributed by atoms with E-state index in [9.17, 15) is 22.0 Å². The van der Waals surface area contributed by atoms with Gasteiger partial charge in [0.1, 0.15) is 11.6 Å². The first-order chi connectivity index (χ1) is 9.77. The van der Waals surface area contributed by atoms with E-state index in [1.165, 1.54) is 6.92 Å². The Balaban J connectivity index is 2.01. The van der Waals surface area contributed by atoms with E-state index in [-0.39, 0.29) is 35.7 Å². The summed E-state index contributed by atoms with van der Waals surface area (Å²) >= 11 is 0. The van der Waals surface area contributed by atoms with E-state index in [1.54, 1.807) is 0 Å². The fourth-order valence-electron chi connectivity index (χ4n) is 2.17. The average Bonchev–Trinajstić information content (AvgIpc) is 2.34. The SMILES string of the molecule is Cc1cc(F)c(NC(=O)CC2CS(=O)(=O)CCN2)cc1F. The Morgan fingerprint density at radius 1 is 1.38 bits per heavy atom. The summed E-state index contributed by atoms with van der Waals surface area (Å²) in [5.74, 6) is -2.00. The summed E-state index contributed by atoms with van der Waals surface area (Å²) in [6.07, 6.45) is -0.117. The molecule has 1 fully saturated rings. The van der Waals surface area contributed by atoms with Gasteiger partial charge in [-0.25, -0.2) is 17.2 Å². The van der Waals surface area contributed by atoms with E-state index in [0.29, 0.717) is 0 Å². The first-order valence-electron chi connectivity index (χ1n) is 6.46. The highest BCUT2D eigenvalue weighted by Gasteiger charge is 2.26. The molecule has 1 unspecified atom stereocenters. The number of hydrogen-bond donors (Lipinski definition) is 2. The Kier molecular flexibility index (Phi) is 4.58. The Labute approximate surface area is 121 Å². The van der Waals surface area contributed by atoms with Crippen molar-refractivity contribution in [2.24, 2.45) is 0 Å². The van der Waals surface area contributed by atoms with Crippen LogP contribution in [0.3, 0.4) is 0 Å². The van der Waals surface area contributed by atoms with Crippen molar-refractivity contribution in [3.63, 3.8) is 0 Å². The summed E-state index contributed by atoms with van der Waals surface area (Å²) in [7, 11) is -3.15. The van der Waals surface area contributed by atoms with Crippen LogP contribution < -0.4 is 10.6 Å². The Hall–Kier alpha value is -1.54. The van der Waals surface area contributed by atoms with Gasteiger partial charge in [-0.2, -0.15) is 0 Å². The number of nitrogens with one attached hydrogen (secondary N) is 2. The molecule has 0 bridgehead atoms. The molecule has 2 N–H and O–H groups in total. The number of sulfone groups is 1. The van der Waals surface area contributed by atoms with E-state index in [1.807, 2.05) is 0 Å². The highest BCUT2D eigenvalue weighted by Crippen LogP contribution is 2.19. The third-order valence-electron chi connectivity index (χ3n) is 3.26. The lowest BCUT2D eigenvalue weighted by atomic mass is 10.2. The van der Waals surface area contributed by atoms with Gasteiger partial charge in [0.25, 0.3) is 0 Å². The highest BCUT2D eigenvalue weighted by molar-refractivity contribution is 7.91. The lowest BCUT2D eigenvalue weighted by Crippen LogP contribution is -2.46. The molecule has 1 aliphatic rings. The van der Waals surface area contributed by atoms with Crippen molar-refractivity contribution >= 4 is 21.4 Å². The van der Waals surface area contributed by atoms with Crippen molar-refractivity contribution in [2.75, 3.05) is 23.4 Å². The van der Waals surface area contributed by atoms with Gasteiger partial charge in [0.05, 0.1) is 17.2 Å². The van der Waals surface area contributed by atoms with E-state index in [0.717, 1.165) is 12.1 Å². The average molecular weight is 318 g/mol. The van der Waals surface area contributed by atoms with Gasteiger partial charge in [0, 0.05) is 25.1 Å². The molecular weight excluding hydrogens is 302 g/mol. The molecule has 1 aromatic carbocycles. The van der Waals surface area contributed by atoms with Crippen LogP contribution in [0.5, 0.6) is 0 Å². The third kappa shape index (κ3) is 4.21. The van der Waals surface area contributed by atoms with Gasteiger partial charge in [0.2, 0.25) is 5.91 Å². The zero-order valence-electron chi connectivity index (χ0n) is 11.4. The van der Waals surface area contributed by atoms with Crippen LogP contribution in [0.25, 0.3) is 0 Å². The van der Waals surface area contributed by atoms with Gasteiger partial charge in [0.15, 0.2) is 9.84 Å². The topological polar surface area (TPSA) is 75.3 Å². The van der Waals surface area contributed by atoms with Crippen LogP contribution in [0.4, 0.5) is 14.5 Å². The number of hydrogen-bond acceptors (Lipinski definition) is 4. The van der Waals surface area contributed by atoms with Gasteiger partial charge in [-0.3, -0.25) is 4.79 Å². The largest absolute Gasteiger partial charge is 0.323 e. The summed E-state index contributed by atoms with van der Waals surface area (Å²) in [4.78, 5) is 11.8. The number of amides is 1. The number of benzene rings is 1. The summed E-state index contributed by atoms with van der Waals surface area (Å²) < 4.78 is 49.9. The Bertz CT molecular complexity index is 662. The fourth-order valence-corrected chi connectivity index (χ4v) is 3.61. The van der Waals surface area contributed by atoms with Crippen LogP contribution in [0.1, 0.15) is 12.0 Å². The number of aryl methyl sites for hydroxylation is 1. The maximum atomic E-state index is 13.6. The molecule has 0 radical (unpaired) electrons. The minimum Gasteiger partial charge on any atom is -0.323 e. The van der Waals surface area contributed by atoms with Crippen LogP contribution in [-0.2, 0) is 14.6 Å². The summed E-state index contributed by atoms with van der Waals surface area (Å²) in [6, 6.07) is 1.39. The number of carbonyl (C=O) groups is 1. The molecule has 1 heterocycles. The van der Waals surface area contributed by atoms with Crippen LogP contribution in [0.2, 0.25) is 0 Å². The molecule has 8 heteroatoms. The lowest BCUT2D eigenvalue weighted by Gasteiger charge is -2.23. The maximum absolute atomic E-state index is 13.6. The van der Waals surface area contributed by atoms with Crippen molar-refractivity contribution in [2.45, 2.75) is 19.4 Å². The smallest absolute Gasteiger partial charge is 0.226 e. The number of rotatable bonds is 3. The van der Waals surface area contributed by atoms with Gasteiger partial charge in [-0.15, -0.1) is 0 Å². The summed E-state index contributed by atoms with van der Waals surface area (Å²) in [5, 5.41) is 5.18. The highest BCUT2D eigenvalue weighted by atomic mass is 32.2. The number of carbonyl (C=O) groups excluding carboxylic acids is 1. The van der Waals surface area contributed by atoms with Gasteiger partial charge in [-0.05, 0) is 18.6 Å². The molecule has 5 nitrogen and oxygen atoms in total. The minimum atomic E-state index is -3.15. The van der Waals surface area contributed by atoms with Crippen molar-refractivity contribution < 1.29 is 22.0 Å². The zero-order chi connectivity index (χ0) is 15.6. The normalized spacial score (nSPS) is 21.0. The van der Waals surface area contributed by atoms with Gasteiger partial charge in [-0.1, -0.05) is 0 Å². The molecule has 1 atom stereocenters. The van der Waals surface area contributed by atoms with E-state index in [2.05, 4.69) is 10.6 Å². The molecule has 0 aromatic heterocycles. The van der Waals surface area contributed by atoms with Crippen LogP contribution in [0.15, 0.2) is 12.1 Å². The monoisotopic (exact) mass is 318 g/mol. The molecule has 2 rings (SSSR count). The fraction of sp³-hybridized carbons (Fsp3) is 0.462. The molecule has 116 valence electrons. The third-order valence-corrected chi connectivity index (χ3v) is 4.99. The van der Waals surface area contributed by atoms with E-state index in [4.69, 9.17) is 0 Å². The molecule has 0 spiro atoms. The van der Waals surface area contributed by atoms with Crippen molar-refractivity contribution in [3.05, 3.63) is 29.3 Å². The van der Waals surface area contributed by atoms with Crippen LogP contribution in [-0.4, -0.2) is 38.4 Å². The Morgan fingerprint density at radius 3 is 2.76 bits per heavy atom. The van der Waals surface area contributed by atoms with E-state index < -0.39 is 33.4 Å². The van der Waals surface area contributed by atoms with Crippen molar-refractivity contribution in [1.29, 1.82) is 0 Å². The lowest BCUT2D eigenvalue weighted by molar-refractivity contribution is -0.116. The number of anilines is 1. The maximum Gasteiger partial charge on any atom is 0.226 e. The van der Waals surface area contributed by atoms with Crippen molar-refractivity contribution in [1.82, 2.24) is 5.32 Å². The molecule has 1 amide bonds. The first kappa shape index (κ1) is 15.8. The Morgan fingerprint density at radius 2 is 2.10 bits per heavy atom. The second-order valence-corrected chi connectivity index (χ2v) is 7.33. The molecule has 21 heavy (non-hydrogen) atoms. The standard InChI is InChI=1S/C13H16F2N2O3S/c1-8-4-11(15)12(6-10(8)14)17-13(18)5-9-7-21(19,20)3-2-16-9/h4,6,9,16H,2-3,5,7H2,1H3,(H,17,18). The molecule has 1 aliphatic heterocycles. The quantitative estimate of drug-likeness (QED) is 0.871. The minimum absolute atomic E-state index is 0.0446. The summed E-state index contributed by atoms with van der Waals surface area (Å²) in [5.41, 5.74) is -0.104. The predicted octanol–water partition coefficient (Wildman–Crippen LogP) is 0.988. The first-order valence-corrected chi connectivity index (χ1v) is 8.28. The van der Waals surface area contributed by atoms with Crippen molar-refractivity contribution in [3.8, 4) is 0 Å². The predicted molar refractivity (Wildman–Crippen MR) is 74.8 cm³/mol. The second-order valence-electron chi connectivity index (χ2n) is 5.10. The van der Waals surface area contributed by atoms with Gasteiger partial charge >= 0.3 is 0 Å². The van der Waals surface area contributed by atoms with E-state index >= 15 is 0 Å². The molecule has 0 saturated carbocycles. The zero-order valence-corrected chi connectivity index (χ0v) is 12.3. The second kappa shape index (κ2) is 6.07. The van der Waals surface area contributed by atoms with Gasteiger partial charge < -0.3 is 10.6 Å². The molecule has 1 saturated heterocycles. The number of halogens is 2.